The average Bonchev–Trinajstić information content (AvgIpc) is 2.89. The number of piperidine rings is 1. The van der Waals surface area contributed by atoms with Gasteiger partial charge in [-0.2, -0.15) is 5.10 Å². The van der Waals surface area contributed by atoms with Gasteiger partial charge in [-0.15, -0.1) is 12.4 Å². The standard InChI is InChI=1S/C18H23FN4O.ClH/c1-12-17(18(24)22-10-8-15(20-3)9-11-22)13(2)23(21-12)16-6-4-14(19)5-7-16;/h4-7,15,20H,8-11H2,1-3H3;1H. The van der Waals surface area contributed by atoms with Crippen LogP contribution in [0.25, 0.3) is 5.69 Å². The maximum Gasteiger partial charge on any atom is 0.257 e. The highest BCUT2D eigenvalue weighted by Gasteiger charge is 2.27. The molecular weight excluding hydrogens is 343 g/mol. The first-order chi connectivity index (χ1) is 11.5. The SMILES string of the molecule is CNC1CCN(C(=O)c2c(C)nn(-c3ccc(F)cc3)c2C)CC1.Cl. The van der Waals surface area contributed by atoms with E-state index in [0.29, 0.717) is 17.3 Å². The Morgan fingerprint density at radius 1 is 1.20 bits per heavy atom. The van der Waals surface area contributed by atoms with Crippen molar-refractivity contribution in [3.05, 3.63) is 47.0 Å². The van der Waals surface area contributed by atoms with Crippen molar-refractivity contribution in [3.63, 3.8) is 0 Å². The summed E-state index contributed by atoms with van der Waals surface area (Å²) in [6, 6.07) is 6.62. The molecule has 1 aromatic carbocycles. The second-order valence-electron chi connectivity index (χ2n) is 6.29. The molecule has 0 radical (unpaired) electrons. The third-order valence-corrected chi connectivity index (χ3v) is 4.77. The fraction of sp³-hybridized carbons (Fsp3) is 0.444. The van der Waals surface area contributed by atoms with Crippen LogP contribution in [0.5, 0.6) is 0 Å². The zero-order valence-corrected chi connectivity index (χ0v) is 15.6. The Morgan fingerprint density at radius 2 is 1.80 bits per heavy atom. The predicted molar refractivity (Wildman–Crippen MR) is 98.2 cm³/mol. The third-order valence-electron chi connectivity index (χ3n) is 4.77. The van der Waals surface area contributed by atoms with E-state index in [2.05, 4.69) is 10.4 Å². The summed E-state index contributed by atoms with van der Waals surface area (Å²) in [5.41, 5.74) is 2.91. The Kier molecular flexibility index (Phi) is 6.19. The number of halogens is 2. The molecule has 0 bridgehead atoms. The van der Waals surface area contributed by atoms with Crippen molar-refractivity contribution in [3.8, 4) is 5.69 Å². The molecule has 0 unspecified atom stereocenters. The van der Waals surface area contributed by atoms with Crippen molar-refractivity contribution < 1.29 is 9.18 Å². The smallest absolute Gasteiger partial charge is 0.257 e. The lowest BCUT2D eigenvalue weighted by Gasteiger charge is -2.31. The van der Waals surface area contributed by atoms with Crippen LogP contribution in [0.15, 0.2) is 24.3 Å². The van der Waals surface area contributed by atoms with Gasteiger partial charge in [-0.05, 0) is 58.0 Å². The molecule has 1 aliphatic rings. The van der Waals surface area contributed by atoms with Crippen LogP contribution in [0.3, 0.4) is 0 Å². The van der Waals surface area contributed by atoms with Crippen molar-refractivity contribution in [1.82, 2.24) is 20.0 Å². The minimum Gasteiger partial charge on any atom is -0.338 e. The molecule has 5 nitrogen and oxygen atoms in total. The van der Waals surface area contributed by atoms with Gasteiger partial charge in [0.1, 0.15) is 5.82 Å². The van der Waals surface area contributed by atoms with Crippen molar-refractivity contribution in [2.24, 2.45) is 0 Å². The number of aryl methyl sites for hydroxylation is 1. The minimum absolute atomic E-state index is 0. The summed E-state index contributed by atoms with van der Waals surface area (Å²) in [6.45, 7) is 5.24. The fourth-order valence-electron chi connectivity index (χ4n) is 3.32. The van der Waals surface area contributed by atoms with Gasteiger partial charge in [0, 0.05) is 19.1 Å². The van der Waals surface area contributed by atoms with E-state index in [-0.39, 0.29) is 24.1 Å². The number of likely N-dealkylation sites (tertiary alicyclic amines) is 1. The maximum absolute atomic E-state index is 13.1. The molecule has 0 saturated carbocycles. The molecule has 0 aliphatic carbocycles. The van der Waals surface area contributed by atoms with E-state index in [9.17, 15) is 9.18 Å². The van der Waals surface area contributed by atoms with Gasteiger partial charge in [-0.1, -0.05) is 0 Å². The van der Waals surface area contributed by atoms with E-state index in [0.717, 1.165) is 37.3 Å². The van der Waals surface area contributed by atoms with E-state index >= 15 is 0 Å². The molecule has 1 aromatic heterocycles. The Bertz CT molecular complexity index is 736. The van der Waals surface area contributed by atoms with E-state index in [1.54, 1.807) is 16.8 Å². The van der Waals surface area contributed by atoms with Gasteiger partial charge >= 0.3 is 0 Å². The van der Waals surface area contributed by atoms with E-state index in [1.165, 1.54) is 12.1 Å². The Hall–Kier alpha value is -1.92. The molecule has 1 N–H and O–H groups in total. The van der Waals surface area contributed by atoms with Gasteiger partial charge in [0.15, 0.2) is 0 Å². The minimum atomic E-state index is -0.288. The number of hydrogen-bond donors (Lipinski definition) is 1. The van der Waals surface area contributed by atoms with Crippen molar-refractivity contribution in [2.75, 3.05) is 20.1 Å². The van der Waals surface area contributed by atoms with Crippen LogP contribution in [0.4, 0.5) is 4.39 Å². The molecule has 25 heavy (non-hydrogen) atoms. The summed E-state index contributed by atoms with van der Waals surface area (Å²) in [4.78, 5) is 14.8. The summed E-state index contributed by atoms with van der Waals surface area (Å²) >= 11 is 0. The highest BCUT2D eigenvalue weighted by Crippen LogP contribution is 2.22. The Labute approximate surface area is 153 Å². The topological polar surface area (TPSA) is 50.2 Å². The zero-order valence-electron chi connectivity index (χ0n) is 14.8. The molecule has 2 aromatic rings. The van der Waals surface area contributed by atoms with E-state index in [1.807, 2.05) is 25.8 Å². The van der Waals surface area contributed by atoms with Crippen LogP contribution in [0.2, 0.25) is 0 Å². The van der Waals surface area contributed by atoms with E-state index in [4.69, 9.17) is 0 Å². The molecule has 0 atom stereocenters. The molecule has 7 heteroatoms. The lowest BCUT2D eigenvalue weighted by Crippen LogP contribution is -2.44. The zero-order chi connectivity index (χ0) is 17.3. The van der Waals surface area contributed by atoms with Crippen LogP contribution in [-0.2, 0) is 0 Å². The molecule has 3 rings (SSSR count). The number of amides is 1. The summed E-state index contributed by atoms with van der Waals surface area (Å²) < 4.78 is 14.8. The summed E-state index contributed by atoms with van der Waals surface area (Å²) in [7, 11) is 1.96. The summed E-state index contributed by atoms with van der Waals surface area (Å²) in [5, 5.41) is 7.76. The highest BCUT2D eigenvalue weighted by atomic mass is 35.5. The average molecular weight is 367 g/mol. The number of nitrogens with one attached hydrogen (secondary N) is 1. The lowest BCUT2D eigenvalue weighted by molar-refractivity contribution is 0.0706. The number of rotatable bonds is 3. The highest BCUT2D eigenvalue weighted by molar-refractivity contribution is 5.96. The Morgan fingerprint density at radius 3 is 2.36 bits per heavy atom. The third kappa shape index (κ3) is 3.85. The summed E-state index contributed by atoms with van der Waals surface area (Å²) in [5.74, 6) is -0.253. The van der Waals surface area contributed by atoms with Crippen molar-refractivity contribution >= 4 is 18.3 Å². The first-order valence-electron chi connectivity index (χ1n) is 8.30. The van der Waals surface area contributed by atoms with Gasteiger partial charge in [-0.25, -0.2) is 9.07 Å². The number of nitrogens with zero attached hydrogens (tertiary/aromatic N) is 3. The molecule has 1 fully saturated rings. The van der Waals surface area contributed by atoms with Crippen LogP contribution in [0, 0.1) is 19.7 Å². The first kappa shape index (κ1) is 19.4. The van der Waals surface area contributed by atoms with Gasteiger partial charge in [0.2, 0.25) is 0 Å². The predicted octanol–water partition coefficient (Wildman–Crippen LogP) is 2.87. The fourth-order valence-corrected chi connectivity index (χ4v) is 3.32. The molecule has 1 amide bonds. The largest absolute Gasteiger partial charge is 0.338 e. The molecular formula is C18H24ClFN4O. The van der Waals surface area contributed by atoms with Crippen molar-refractivity contribution in [1.29, 1.82) is 0 Å². The Balaban J connectivity index is 0.00000225. The van der Waals surface area contributed by atoms with Gasteiger partial charge in [0.25, 0.3) is 5.91 Å². The number of hydrogen-bond acceptors (Lipinski definition) is 3. The maximum atomic E-state index is 13.1. The summed E-state index contributed by atoms with van der Waals surface area (Å²) in [6.07, 6.45) is 1.93. The second kappa shape index (κ2) is 7.97. The number of carbonyl (C=O) groups excluding carboxylic acids is 1. The molecule has 2 heterocycles. The second-order valence-corrected chi connectivity index (χ2v) is 6.29. The number of benzene rings is 1. The normalized spacial score (nSPS) is 15.1. The molecule has 1 saturated heterocycles. The van der Waals surface area contributed by atoms with Crippen LogP contribution in [-0.4, -0.2) is 46.8 Å². The van der Waals surface area contributed by atoms with E-state index < -0.39 is 0 Å². The van der Waals surface area contributed by atoms with Gasteiger partial charge < -0.3 is 10.2 Å². The number of carbonyl (C=O) groups is 1. The van der Waals surface area contributed by atoms with Gasteiger partial charge in [-0.3, -0.25) is 4.79 Å². The monoisotopic (exact) mass is 366 g/mol. The van der Waals surface area contributed by atoms with Crippen LogP contribution in [0.1, 0.15) is 34.6 Å². The molecule has 136 valence electrons. The first-order valence-corrected chi connectivity index (χ1v) is 8.30. The molecule has 1 aliphatic heterocycles. The van der Waals surface area contributed by atoms with Crippen LogP contribution < -0.4 is 5.32 Å². The van der Waals surface area contributed by atoms with Crippen LogP contribution >= 0.6 is 12.4 Å². The number of aromatic nitrogens is 2. The van der Waals surface area contributed by atoms with Crippen molar-refractivity contribution in [2.45, 2.75) is 32.7 Å². The molecule has 0 spiro atoms. The van der Waals surface area contributed by atoms with Gasteiger partial charge in [0.05, 0.1) is 22.6 Å². The quantitative estimate of drug-likeness (QED) is 0.908. The lowest BCUT2D eigenvalue weighted by atomic mass is 10.0.